The van der Waals surface area contributed by atoms with Gasteiger partial charge < -0.3 is 4.74 Å². The molecule has 0 radical (unpaired) electrons. The monoisotopic (exact) mass is 248 g/mol. The van der Waals surface area contributed by atoms with E-state index in [0.717, 1.165) is 12.4 Å². The van der Waals surface area contributed by atoms with E-state index in [0.29, 0.717) is 5.92 Å². The maximum absolute atomic E-state index is 5.97. The minimum absolute atomic E-state index is 0.701. The molecular weight excluding hydrogens is 220 g/mol. The number of hydrogen-bond acceptors (Lipinski definition) is 1. The SMILES string of the molecule is CCCCC(CC)COc1cc(C)c(C)c(C)c1. The molecule has 1 aromatic carbocycles. The van der Waals surface area contributed by atoms with Crippen LogP contribution in [0, 0.1) is 26.7 Å². The lowest BCUT2D eigenvalue weighted by Crippen LogP contribution is -2.11. The molecule has 18 heavy (non-hydrogen) atoms. The van der Waals surface area contributed by atoms with Crippen molar-refractivity contribution in [1.29, 1.82) is 0 Å². The molecule has 0 amide bonds. The second kappa shape index (κ2) is 7.45. The van der Waals surface area contributed by atoms with Gasteiger partial charge in [-0.25, -0.2) is 0 Å². The fourth-order valence-electron chi connectivity index (χ4n) is 2.19. The van der Waals surface area contributed by atoms with E-state index in [1.54, 1.807) is 0 Å². The van der Waals surface area contributed by atoms with E-state index in [2.05, 4.69) is 46.8 Å². The second-order valence-corrected chi connectivity index (χ2v) is 5.41. The molecule has 0 aliphatic carbocycles. The number of benzene rings is 1. The molecule has 1 unspecified atom stereocenters. The van der Waals surface area contributed by atoms with Gasteiger partial charge in [0.15, 0.2) is 0 Å². The fourth-order valence-corrected chi connectivity index (χ4v) is 2.19. The van der Waals surface area contributed by atoms with E-state index >= 15 is 0 Å². The van der Waals surface area contributed by atoms with Crippen molar-refractivity contribution in [1.82, 2.24) is 0 Å². The lowest BCUT2D eigenvalue weighted by molar-refractivity contribution is 0.233. The van der Waals surface area contributed by atoms with Gasteiger partial charge in [-0.1, -0.05) is 33.1 Å². The third-order valence-corrected chi connectivity index (χ3v) is 3.93. The van der Waals surface area contributed by atoms with Crippen LogP contribution in [0.4, 0.5) is 0 Å². The molecule has 0 aliphatic rings. The van der Waals surface area contributed by atoms with Crippen molar-refractivity contribution in [2.75, 3.05) is 6.61 Å². The Morgan fingerprint density at radius 2 is 1.67 bits per heavy atom. The van der Waals surface area contributed by atoms with Gasteiger partial charge in [0, 0.05) is 0 Å². The smallest absolute Gasteiger partial charge is 0.119 e. The zero-order chi connectivity index (χ0) is 13.5. The Balaban J connectivity index is 2.57. The molecule has 0 saturated heterocycles. The second-order valence-electron chi connectivity index (χ2n) is 5.41. The average Bonchev–Trinajstić information content (AvgIpc) is 2.36. The van der Waals surface area contributed by atoms with Crippen molar-refractivity contribution in [3.8, 4) is 5.75 Å². The summed E-state index contributed by atoms with van der Waals surface area (Å²) in [7, 11) is 0. The molecule has 0 saturated carbocycles. The molecule has 1 rings (SSSR count). The maximum atomic E-state index is 5.97. The lowest BCUT2D eigenvalue weighted by atomic mass is 10.0. The third-order valence-electron chi connectivity index (χ3n) is 3.93. The first-order chi connectivity index (χ1) is 8.58. The molecule has 0 aliphatic heterocycles. The van der Waals surface area contributed by atoms with Gasteiger partial charge in [0.1, 0.15) is 5.75 Å². The summed E-state index contributed by atoms with van der Waals surface area (Å²) in [5.41, 5.74) is 4.03. The Bertz CT molecular complexity index is 345. The highest BCUT2D eigenvalue weighted by Gasteiger charge is 2.08. The van der Waals surface area contributed by atoms with Crippen LogP contribution >= 0.6 is 0 Å². The normalized spacial score (nSPS) is 12.5. The summed E-state index contributed by atoms with van der Waals surface area (Å²) in [5, 5.41) is 0. The van der Waals surface area contributed by atoms with Gasteiger partial charge in [-0.15, -0.1) is 0 Å². The molecule has 102 valence electrons. The topological polar surface area (TPSA) is 9.23 Å². The molecular formula is C17H28O. The van der Waals surface area contributed by atoms with Crippen LogP contribution in [-0.2, 0) is 0 Å². The summed E-state index contributed by atoms with van der Waals surface area (Å²) < 4.78 is 5.97. The summed E-state index contributed by atoms with van der Waals surface area (Å²) in [6.07, 6.45) is 5.09. The Hall–Kier alpha value is -0.980. The van der Waals surface area contributed by atoms with Crippen molar-refractivity contribution in [2.45, 2.75) is 60.3 Å². The van der Waals surface area contributed by atoms with Crippen molar-refractivity contribution < 1.29 is 4.74 Å². The Labute approximate surface area is 113 Å². The first-order valence-electron chi connectivity index (χ1n) is 7.29. The Kier molecular flexibility index (Phi) is 6.24. The van der Waals surface area contributed by atoms with Gasteiger partial charge in [-0.05, 0) is 61.9 Å². The van der Waals surface area contributed by atoms with Gasteiger partial charge in [0.2, 0.25) is 0 Å². The summed E-state index contributed by atoms with van der Waals surface area (Å²) in [5.74, 6) is 1.73. The fraction of sp³-hybridized carbons (Fsp3) is 0.647. The van der Waals surface area contributed by atoms with Crippen LogP contribution in [-0.4, -0.2) is 6.61 Å². The molecule has 1 atom stereocenters. The molecule has 1 nitrogen and oxygen atoms in total. The number of aryl methyl sites for hydroxylation is 2. The summed E-state index contributed by atoms with van der Waals surface area (Å²) >= 11 is 0. The molecule has 0 bridgehead atoms. The largest absolute Gasteiger partial charge is 0.493 e. The summed E-state index contributed by atoms with van der Waals surface area (Å²) in [6, 6.07) is 4.32. The van der Waals surface area contributed by atoms with E-state index in [-0.39, 0.29) is 0 Å². The Morgan fingerprint density at radius 3 is 2.17 bits per heavy atom. The molecule has 0 aromatic heterocycles. The minimum Gasteiger partial charge on any atom is -0.493 e. The summed E-state index contributed by atoms with van der Waals surface area (Å²) in [4.78, 5) is 0. The predicted molar refractivity (Wildman–Crippen MR) is 79.5 cm³/mol. The molecule has 1 heteroatoms. The van der Waals surface area contributed by atoms with Crippen LogP contribution in [0.15, 0.2) is 12.1 Å². The van der Waals surface area contributed by atoms with Gasteiger partial charge in [-0.2, -0.15) is 0 Å². The van der Waals surface area contributed by atoms with Crippen LogP contribution in [0.1, 0.15) is 56.2 Å². The van der Waals surface area contributed by atoms with Gasteiger partial charge >= 0.3 is 0 Å². The summed E-state index contributed by atoms with van der Waals surface area (Å²) in [6.45, 7) is 11.9. The first-order valence-corrected chi connectivity index (χ1v) is 7.29. The molecule has 0 spiro atoms. The standard InChI is InChI=1S/C17H28O/c1-6-8-9-16(7-2)12-18-17-10-13(3)15(5)14(4)11-17/h10-11,16H,6-9,12H2,1-5H3. The highest BCUT2D eigenvalue weighted by Crippen LogP contribution is 2.22. The van der Waals surface area contributed by atoms with Gasteiger partial charge in [0.25, 0.3) is 0 Å². The van der Waals surface area contributed by atoms with Crippen LogP contribution in [0.3, 0.4) is 0 Å². The Morgan fingerprint density at radius 1 is 1.06 bits per heavy atom. The highest BCUT2D eigenvalue weighted by atomic mass is 16.5. The quantitative estimate of drug-likeness (QED) is 0.644. The average molecular weight is 248 g/mol. The highest BCUT2D eigenvalue weighted by molar-refractivity contribution is 5.40. The van der Waals surface area contributed by atoms with Gasteiger partial charge in [-0.3, -0.25) is 0 Å². The maximum Gasteiger partial charge on any atom is 0.119 e. The van der Waals surface area contributed by atoms with E-state index < -0.39 is 0 Å². The minimum atomic E-state index is 0.701. The number of ether oxygens (including phenoxy) is 1. The number of unbranched alkanes of at least 4 members (excludes halogenated alkanes) is 1. The van der Waals surface area contributed by atoms with Crippen molar-refractivity contribution in [3.63, 3.8) is 0 Å². The third kappa shape index (κ3) is 4.36. The van der Waals surface area contributed by atoms with E-state index in [9.17, 15) is 0 Å². The number of hydrogen-bond donors (Lipinski definition) is 0. The van der Waals surface area contributed by atoms with Crippen molar-refractivity contribution >= 4 is 0 Å². The molecule has 0 N–H and O–H groups in total. The van der Waals surface area contributed by atoms with Crippen LogP contribution < -0.4 is 4.74 Å². The lowest BCUT2D eigenvalue weighted by Gasteiger charge is -2.17. The van der Waals surface area contributed by atoms with E-state index in [1.165, 1.54) is 42.4 Å². The van der Waals surface area contributed by atoms with Crippen LogP contribution in [0.2, 0.25) is 0 Å². The van der Waals surface area contributed by atoms with Gasteiger partial charge in [0.05, 0.1) is 6.61 Å². The van der Waals surface area contributed by atoms with Crippen LogP contribution in [0.5, 0.6) is 5.75 Å². The predicted octanol–water partition coefficient (Wildman–Crippen LogP) is 5.21. The molecule has 1 aromatic rings. The van der Waals surface area contributed by atoms with E-state index in [4.69, 9.17) is 4.74 Å². The number of rotatable bonds is 7. The van der Waals surface area contributed by atoms with Crippen LogP contribution in [0.25, 0.3) is 0 Å². The van der Waals surface area contributed by atoms with Crippen molar-refractivity contribution in [2.24, 2.45) is 5.92 Å². The van der Waals surface area contributed by atoms with Crippen molar-refractivity contribution in [3.05, 3.63) is 28.8 Å². The van der Waals surface area contributed by atoms with E-state index in [1.807, 2.05) is 0 Å². The zero-order valence-electron chi connectivity index (χ0n) is 12.7. The molecule has 0 heterocycles. The first kappa shape index (κ1) is 15.1. The molecule has 0 fully saturated rings. The zero-order valence-corrected chi connectivity index (χ0v) is 12.7.